The predicted molar refractivity (Wildman–Crippen MR) is 84.8 cm³/mol. The summed E-state index contributed by atoms with van der Waals surface area (Å²) in [6, 6.07) is 18.5. The van der Waals surface area contributed by atoms with Crippen LogP contribution in [0.25, 0.3) is 0 Å². The highest BCUT2D eigenvalue weighted by molar-refractivity contribution is 5.69. The Kier molecular flexibility index (Phi) is 3.03. The molecule has 0 aromatic heterocycles. The van der Waals surface area contributed by atoms with Gasteiger partial charge in [0.2, 0.25) is 0 Å². The van der Waals surface area contributed by atoms with Gasteiger partial charge in [-0.2, -0.15) is 0 Å². The Morgan fingerprint density at radius 3 is 2.59 bits per heavy atom. The molecule has 1 saturated heterocycles. The summed E-state index contributed by atoms with van der Waals surface area (Å²) >= 11 is 0. The largest absolute Gasteiger partial charge is 0.465 e. The minimum atomic E-state index is -0.823. The van der Waals surface area contributed by atoms with Crippen LogP contribution in [0.5, 0.6) is 0 Å². The number of anilines is 1. The molecule has 2 aliphatic rings. The highest BCUT2D eigenvalue weighted by atomic mass is 16.4. The number of carbonyl (C=O) groups is 1. The zero-order valence-corrected chi connectivity index (χ0v) is 12.1. The third-order valence-corrected chi connectivity index (χ3v) is 4.87. The van der Waals surface area contributed by atoms with Gasteiger partial charge < -0.3 is 15.3 Å². The van der Waals surface area contributed by atoms with Crippen LogP contribution in [-0.2, 0) is 0 Å². The molecule has 4 heteroatoms. The Morgan fingerprint density at radius 2 is 1.82 bits per heavy atom. The van der Waals surface area contributed by atoms with Crippen molar-refractivity contribution in [1.29, 1.82) is 0 Å². The van der Waals surface area contributed by atoms with E-state index in [1.807, 2.05) is 42.5 Å². The summed E-state index contributed by atoms with van der Waals surface area (Å²) in [4.78, 5) is 13.2. The van der Waals surface area contributed by atoms with E-state index in [1.54, 1.807) is 4.90 Å². The van der Waals surface area contributed by atoms with E-state index in [4.69, 9.17) is 0 Å². The molecule has 2 aliphatic heterocycles. The molecule has 1 amide bonds. The molecule has 3 atom stereocenters. The lowest BCUT2D eigenvalue weighted by Gasteiger charge is -2.39. The van der Waals surface area contributed by atoms with Gasteiger partial charge >= 0.3 is 6.09 Å². The first-order valence-corrected chi connectivity index (χ1v) is 7.65. The number of amides is 1. The van der Waals surface area contributed by atoms with E-state index in [-0.39, 0.29) is 18.0 Å². The number of fused-ring (bicyclic) bond motifs is 3. The quantitative estimate of drug-likeness (QED) is 0.839. The van der Waals surface area contributed by atoms with Crippen molar-refractivity contribution in [1.82, 2.24) is 4.90 Å². The van der Waals surface area contributed by atoms with Gasteiger partial charge in [-0.3, -0.25) is 0 Å². The highest BCUT2D eigenvalue weighted by Gasteiger charge is 2.46. The molecule has 0 bridgehead atoms. The van der Waals surface area contributed by atoms with Crippen LogP contribution in [0, 0.1) is 5.92 Å². The van der Waals surface area contributed by atoms with Crippen LogP contribution in [0.1, 0.15) is 29.6 Å². The van der Waals surface area contributed by atoms with Gasteiger partial charge in [0.05, 0.1) is 12.1 Å². The lowest BCUT2D eigenvalue weighted by atomic mass is 9.80. The van der Waals surface area contributed by atoms with Crippen molar-refractivity contribution in [3.8, 4) is 0 Å². The maximum atomic E-state index is 11.6. The van der Waals surface area contributed by atoms with Gasteiger partial charge in [0.25, 0.3) is 0 Å². The van der Waals surface area contributed by atoms with Crippen molar-refractivity contribution < 1.29 is 9.90 Å². The Bertz CT molecular complexity index is 701. The van der Waals surface area contributed by atoms with Crippen molar-refractivity contribution in [3.05, 3.63) is 65.7 Å². The summed E-state index contributed by atoms with van der Waals surface area (Å²) in [6.45, 7) is 0.601. The van der Waals surface area contributed by atoms with Crippen molar-refractivity contribution in [2.45, 2.75) is 18.5 Å². The predicted octanol–water partition coefficient (Wildman–Crippen LogP) is 3.89. The number of rotatable bonds is 1. The molecule has 2 heterocycles. The van der Waals surface area contributed by atoms with E-state index in [2.05, 4.69) is 17.4 Å². The molecule has 112 valence electrons. The maximum absolute atomic E-state index is 11.6. The van der Waals surface area contributed by atoms with Gasteiger partial charge in [-0.25, -0.2) is 4.79 Å². The summed E-state index contributed by atoms with van der Waals surface area (Å²) in [5, 5.41) is 13.2. The third kappa shape index (κ3) is 1.95. The molecule has 4 nitrogen and oxygen atoms in total. The lowest BCUT2D eigenvalue weighted by molar-refractivity contribution is 0.132. The summed E-state index contributed by atoms with van der Waals surface area (Å²) in [5.41, 5.74) is 3.37. The van der Waals surface area contributed by atoms with Gasteiger partial charge in [-0.15, -0.1) is 0 Å². The van der Waals surface area contributed by atoms with Crippen molar-refractivity contribution >= 4 is 11.8 Å². The summed E-state index contributed by atoms with van der Waals surface area (Å²) in [5.74, 6) is 0.272. The van der Waals surface area contributed by atoms with E-state index in [1.165, 1.54) is 5.56 Å². The molecule has 1 fully saturated rings. The Morgan fingerprint density at radius 1 is 1.09 bits per heavy atom. The third-order valence-electron chi connectivity index (χ3n) is 4.87. The monoisotopic (exact) mass is 294 g/mol. The second-order valence-electron chi connectivity index (χ2n) is 5.99. The molecule has 4 rings (SSSR count). The number of benzene rings is 2. The standard InChI is InChI=1S/C18H18N2O2/c21-18(22)20-11-10-14-16(12-6-2-1-3-7-12)19-15-9-5-4-8-13(15)17(14)20/h1-9,14,16-17,19H,10-11H2,(H,21,22)/t14-,16-,17+/m1/s1. The molecule has 2 N–H and O–H groups in total. The van der Waals surface area contributed by atoms with E-state index >= 15 is 0 Å². The van der Waals surface area contributed by atoms with Gasteiger partial charge in [0, 0.05) is 18.2 Å². The van der Waals surface area contributed by atoms with E-state index in [0.717, 1.165) is 17.7 Å². The maximum Gasteiger partial charge on any atom is 0.407 e. The van der Waals surface area contributed by atoms with Crippen molar-refractivity contribution in [2.24, 2.45) is 5.92 Å². The number of para-hydroxylation sites is 1. The Balaban J connectivity index is 1.81. The zero-order chi connectivity index (χ0) is 15.1. The van der Waals surface area contributed by atoms with Crippen LogP contribution in [-0.4, -0.2) is 22.6 Å². The van der Waals surface area contributed by atoms with Gasteiger partial charge in [0.1, 0.15) is 0 Å². The average molecular weight is 294 g/mol. The van der Waals surface area contributed by atoms with Crippen LogP contribution in [0.2, 0.25) is 0 Å². The first-order chi connectivity index (χ1) is 10.8. The Labute approximate surface area is 129 Å². The van der Waals surface area contributed by atoms with Gasteiger partial charge in [-0.05, 0) is 23.6 Å². The van der Waals surface area contributed by atoms with Crippen LogP contribution < -0.4 is 5.32 Å². The molecular weight excluding hydrogens is 276 g/mol. The molecule has 0 aliphatic carbocycles. The van der Waals surface area contributed by atoms with E-state index in [9.17, 15) is 9.90 Å². The molecule has 2 aromatic carbocycles. The fourth-order valence-corrected chi connectivity index (χ4v) is 3.93. The van der Waals surface area contributed by atoms with Gasteiger partial charge in [0.15, 0.2) is 0 Å². The topological polar surface area (TPSA) is 52.6 Å². The van der Waals surface area contributed by atoms with E-state index in [0.29, 0.717) is 6.54 Å². The normalized spacial score (nSPS) is 26.0. The fourth-order valence-electron chi connectivity index (χ4n) is 3.93. The van der Waals surface area contributed by atoms with Crippen LogP contribution in [0.3, 0.4) is 0 Å². The lowest BCUT2D eigenvalue weighted by Crippen LogP contribution is -2.36. The molecule has 0 radical (unpaired) electrons. The number of likely N-dealkylation sites (tertiary alicyclic amines) is 1. The second kappa shape index (κ2) is 5.05. The minimum Gasteiger partial charge on any atom is -0.465 e. The van der Waals surface area contributed by atoms with Gasteiger partial charge in [-0.1, -0.05) is 48.5 Å². The first-order valence-electron chi connectivity index (χ1n) is 7.65. The SMILES string of the molecule is O=C(O)N1CC[C@@H]2[C@@H](c3ccccc3)Nc3ccccc3[C@@H]21. The number of hydrogen-bond donors (Lipinski definition) is 2. The molecule has 2 aromatic rings. The highest BCUT2D eigenvalue weighted by Crippen LogP contribution is 2.50. The number of nitrogens with one attached hydrogen (secondary N) is 1. The minimum absolute atomic E-state index is 0.0554. The van der Waals surface area contributed by atoms with E-state index < -0.39 is 6.09 Å². The number of hydrogen-bond acceptors (Lipinski definition) is 2. The summed E-state index contributed by atoms with van der Waals surface area (Å²) < 4.78 is 0. The summed E-state index contributed by atoms with van der Waals surface area (Å²) in [6.07, 6.45) is 0.0636. The van der Waals surface area contributed by atoms with Crippen LogP contribution >= 0.6 is 0 Å². The fraction of sp³-hybridized carbons (Fsp3) is 0.278. The summed E-state index contributed by atoms with van der Waals surface area (Å²) in [7, 11) is 0. The Hall–Kier alpha value is -2.49. The zero-order valence-electron chi connectivity index (χ0n) is 12.1. The van der Waals surface area contributed by atoms with Crippen LogP contribution in [0.15, 0.2) is 54.6 Å². The smallest absolute Gasteiger partial charge is 0.407 e. The molecular formula is C18H18N2O2. The molecule has 22 heavy (non-hydrogen) atoms. The number of nitrogens with zero attached hydrogens (tertiary/aromatic N) is 1. The molecule has 0 spiro atoms. The average Bonchev–Trinajstić information content (AvgIpc) is 3.00. The first kappa shape index (κ1) is 13.2. The van der Waals surface area contributed by atoms with Crippen molar-refractivity contribution in [2.75, 3.05) is 11.9 Å². The molecule has 0 saturated carbocycles. The molecule has 0 unspecified atom stereocenters. The number of carboxylic acid groups (broad SMARTS) is 1. The van der Waals surface area contributed by atoms with Crippen LogP contribution in [0.4, 0.5) is 10.5 Å². The second-order valence-corrected chi connectivity index (χ2v) is 5.99. The van der Waals surface area contributed by atoms with Crippen molar-refractivity contribution in [3.63, 3.8) is 0 Å².